The molecule has 1 unspecified atom stereocenters. The van der Waals surface area contributed by atoms with E-state index in [-0.39, 0.29) is 23.3 Å². The standard InChI is InChI=1S/C16H21N3O2S2/c1-5-7-19-15(21)12-6-8-22-14(12)18-16(19)23-9-13(20)17-11(4)10(2)3/h5-6,8,10-11H,1,7,9H2,2-4H3,(H,17,20). The minimum atomic E-state index is -0.0883. The molecule has 2 heterocycles. The minimum Gasteiger partial charge on any atom is -0.353 e. The predicted molar refractivity (Wildman–Crippen MR) is 97.2 cm³/mol. The molecule has 0 aliphatic carbocycles. The topological polar surface area (TPSA) is 64.0 Å². The summed E-state index contributed by atoms with van der Waals surface area (Å²) in [6.07, 6.45) is 1.66. The smallest absolute Gasteiger partial charge is 0.263 e. The summed E-state index contributed by atoms with van der Waals surface area (Å²) >= 11 is 2.71. The molecule has 2 aromatic rings. The third-order valence-corrected chi connectivity index (χ3v) is 5.36. The molecule has 0 aliphatic rings. The van der Waals surface area contributed by atoms with E-state index in [2.05, 4.69) is 30.7 Å². The van der Waals surface area contributed by atoms with Crippen molar-refractivity contribution in [3.63, 3.8) is 0 Å². The fraction of sp³-hybridized carbons (Fsp3) is 0.438. The molecule has 5 nitrogen and oxygen atoms in total. The van der Waals surface area contributed by atoms with Crippen molar-refractivity contribution < 1.29 is 4.79 Å². The maximum absolute atomic E-state index is 12.5. The van der Waals surface area contributed by atoms with Crippen molar-refractivity contribution in [1.29, 1.82) is 0 Å². The van der Waals surface area contributed by atoms with Gasteiger partial charge in [0.2, 0.25) is 5.91 Å². The molecule has 0 spiro atoms. The van der Waals surface area contributed by atoms with Gasteiger partial charge in [-0.2, -0.15) is 0 Å². The molecule has 0 aromatic carbocycles. The zero-order valence-electron chi connectivity index (χ0n) is 13.5. The maximum Gasteiger partial charge on any atom is 0.263 e. The van der Waals surface area contributed by atoms with Crippen LogP contribution in [-0.2, 0) is 11.3 Å². The Morgan fingerprint density at radius 1 is 1.52 bits per heavy atom. The lowest BCUT2D eigenvalue weighted by Gasteiger charge is -2.17. The number of fused-ring (bicyclic) bond motifs is 1. The number of amides is 1. The lowest BCUT2D eigenvalue weighted by Crippen LogP contribution is -2.37. The number of nitrogens with one attached hydrogen (secondary N) is 1. The molecule has 0 bridgehead atoms. The monoisotopic (exact) mass is 351 g/mol. The molecule has 2 rings (SSSR count). The number of rotatable bonds is 7. The third kappa shape index (κ3) is 4.23. The van der Waals surface area contributed by atoms with E-state index < -0.39 is 0 Å². The number of hydrogen-bond donors (Lipinski definition) is 1. The molecule has 0 radical (unpaired) electrons. The minimum absolute atomic E-state index is 0.0538. The zero-order valence-corrected chi connectivity index (χ0v) is 15.2. The predicted octanol–water partition coefficient (Wildman–Crippen LogP) is 2.90. The molecule has 2 aromatic heterocycles. The quantitative estimate of drug-likeness (QED) is 0.473. The number of carbonyl (C=O) groups excluding carboxylic acids is 1. The molecule has 0 fully saturated rings. The Hall–Kier alpha value is -1.60. The van der Waals surface area contributed by atoms with Crippen LogP contribution in [0.1, 0.15) is 20.8 Å². The summed E-state index contributed by atoms with van der Waals surface area (Å²) in [5.74, 6) is 0.558. The molecule has 124 valence electrons. The molecule has 0 saturated carbocycles. The van der Waals surface area contributed by atoms with Gasteiger partial charge in [0.25, 0.3) is 5.56 Å². The summed E-state index contributed by atoms with van der Waals surface area (Å²) in [5.41, 5.74) is -0.0883. The van der Waals surface area contributed by atoms with Gasteiger partial charge >= 0.3 is 0 Å². The normalized spacial score (nSPS) is 12.5. The van der Waals surface area contributed by atoms with Crippen molar-refractivity contribution in [3.05, 3.63) is 34.5 Å². The molecule has 0 saturated heterocycles. The number of aromatic nitrogens is 2. The largest absolute Gasteiger partial charge is 0.353 e. The summed E-state index contributed by atoms with van der Waals surface area (Å²) in [4.78, 5) is 29.7. The van der Waals surface area contributed by atoms with Crippen molar-refractivity contribution in [2.75, 3.05) is 5.75 Å². The Morgan fingerprint density at radius 3 is 2.91 bits per heavy atom. The number of allylic oxidation sites excluding steroid dienone is 1. The number of carbonyl (C=O) groups is 1. The summed E-state index contributed by atoms with van der Waals surface area (Å²) in [6.45, 7) is 10.2. The summed E-state index contributed by atoms with van der Waals surface area (Å²) in [5, 5.41) is 5.97. The second kappa shape index (κ2) is 7.79. The Morgan fingerprint density at radius 2 is 2.26 bits per heavy atom. The molecular weight excluding hydrogens is 330 g/mol. The second-order valence-corrected chi connectivity index (χ2v) is 7.46. The van der Waals surface area contributed by atoms with Crippen LogP contribution in [0, 0.1) is 5.92 Å². The van der Waals surface area contributed by atoms with Gasteiger partial charge in [-0.05, 0) is 24.3 Å². The van der Waals surface area contributed by atoms with Gasteiger partial charge in [0.1, 0.15) is 4.83 Å². The highest BCUT2D eigenvalue weighted by Gasteiger charge is 2.15. The van der Waals surface area contributed by atoms with Crippen LogP contribution >= 0.6 is 23.1 Å². The van der Waals surface area contributed by atoms with Gasteiger partial charge in [-0.15, -0.1) is 17.9 Å². The van der Waals surface area contributed by atoms with Crippen molar-refractivity contribution in [2.45, 2.75) is 38.5 Å². The second-order valence-electron chi connectivity index (χ2n) is 5.63. The number of hydrogen-bond acceptors (Lipinski definition) is 5. The van der Waals surface area contributed by atoms with E-state index >= 15 is 0 Å². The van der Waals surface area contributed by atoms with E-state index in [0.29, 0.717) is 27.8 Å². The van der Waals surface area contributed by atoms with E-state index in [1.165, 1.54) is 23.1 Å². The van der Waals surface area contributed by atoms with Gasteiger partial charge in [-0.25, -0.2) is 4.98 Å². The van der Waals surface area contributed by atoms with Crippen LogP contribution in [0.4, 0.5) is 0 Å². The Balaban J connectivity index is 2.18. The van der Waals surface area contributed by atoms with Crippen molar-refractivity contribution in [2.24, 2.45) is 5.92 Å². The Bertz CT molecular complexity index is 764. The maximum atomic E-state index is 12.5. The van der Waals surface area contributed by atoms with Gasteiger partial charge in [0.05, 0.1) is 11.1 Å². The molecular formula is C16H21N3O2S2. The van der Waals surface area contributed by atoms with Gasteiger partial charge in [-0.3, -0.25) is 14.2 Å². The molecule has 7 heteroatoms. The Labute approximate surface area is 143 Å². The first-order chi connectivity index (χ1) is 10.9. The fourth-order valence-electron chi connectivity index (χ4n) is 1.92. The first-order valence-corrected chi connectivity index (χ1v) is 9.31. The van der Waals surface area contributed by atoms with E-state index in [1.54, 1.807) is 16.7 Å². The van der Waals surface area contributed by atoms with E-state index in [0.717, 1.165) is 0 Å². The van der Waals surface area contributed by atoms with E-state index in [4.69, 9.17) is 0 Å². The van der Waals surface area contributed by atoms with Crippen LogP contribution in [0.25, 0.3) is 10.2 Å². The van der Waals surface area contributed by atoms with Gasteiger partial charge in [-0.1, -0.05) is 31.7 Å². The van der Waals surface area contributed by atoms with Crippen LogP contribution in [0.15, 0.2) is 34.1 Å². The van der Waals surface area contributed by atoms with Crippen LogP contribution in [0.2, 0.25) is 0 Å². The molecule has 0 aliphatic heterocycles. The lowest BCUT2D eigenvalue weighted by atomic mass is 10.1. The van der Waals surface area contributed by atoms with Crippen molar-refractivity contribution in [3.8, 4) is 0 Å². The highest BCUT2D eigenvalue weighted by atomic mass is 32.2. The molecule has 1 amide bonds. The van der Waals surface area contributed by atoms with E-state index in [9.17, 15) is 9.59 Å². The van der Waals surface area contributed by atoms with Gasteiger partial charge in [0.15, 0.2) is 5.16 Å². The molecule has 1 atom stereocenters. The number of nitrogens with zero attached hydrogens (tertiary/aromatic N) is 2. The number of thiophene rings is 1. The first kappa shape index (κ1) is 17.7. The summed E-state index contributed by atoms with van der Waals surface area (Å²) in [7, 11) is 0. The van der Waals surface area contributed by atoms with Gasteiger partial charge in [0, 0.05) is 12.6 Å². The Kier molecular flexibility index (Phi) is 6.01. The van der Waals surface area contributed by atoms with E-state index in [1.807, 2.05) is 12.3 Å². The third-order valence-electron chi connectivity index (χ3n) is 3.58. The zero-order chi connectivity index (χ0) is 17.0. The van der Waals surface area contributed by atoms with Crippen LogP contribution in [0.3, 0.4) is 0 Å². The fourth-order valence-corrected chi connectivity index (χ4v) is 3.55. The van der Waals surface area contributed by atoms with Crippen molar-refractivity contribution >= 4 is 39.2 Å². The summed E-state index contributed by atoms with van der Waals surface area (Å²) < 4.78 is 1.56. The average molecular weight is 351 g/mol. The van der Waals surface area contributed by atoms with Crippen LogP contribution in [-0.4, -0.2) is 27.3 Å². The highest BCUT2D eigenvalue weighted by molar-refractivity contribution is 7.99. The van der Waals surface area contributed by atoms with Gasteiger partial charge < -0.3 is 5.32 Å². The number of thioether (sulfide) groups is 1. The van der Waals surface area contributed by atoms with Crippen LogP contribution < -0.4 is 10.9 Å². The average Bonchev–Trinajstić information content (AvgIpc) is 2.97. The van der Waals surface area contributed by atoms with Crippen LogP contribution in [0.5, 0.6) is 0 Å². The SMILES string of the molecule is C=CCn1c(SCC(=O)NC(C)C(C)C)nc2sccc2c1=O. The lowest BCUT2D eigenvalue weighted by molar-refractivity contribution is -0.119. The first-order valence-electron chi connectivity index (χ1n) is 7.45. The highest BCUT2D eigenvalue weighted by Crippen LogP contribution is 2.21. The van der Waals surface area contributed by atoms with Crippen molar-refractivity contribution in [1.82, 2.24) is 14.9 Å². The molecule has 23 heavy (non-hydrogen) atoms. The summed E-state index contributed by atoms with van der Waals surface area (Å²) in [6, 6.07) is 1.90. The molecule has 1 N–H and O–H groups in total.